The van der Waals surface area contributed by atoms with Gasteiger partial charge in [-0.25, -0.2) is 0 Å². The predicted octanol–water partition coefficient (Wildman–Crippen LogP) is 7.63. The fraction of sp³-hybridized carbons (Fsp3) is 0.0400. The van der Waals surface area contributed by atoms with Gasteiger partial charge in [-0.15, -0.1) is 0 Å². The zero-order valence-corrected chi connectivity index (χ0v) is 16.8. The van der Waals surface area contributed by atoms with Crippen molar-refractivity contribution in [3.63, 3.8) is 0 Å². The van der Waals surface area contributed by atoms with Crippen LogP contribution in [0.2, 0.25) is 0 Å². The lowest BCUT2D eigenvalue weighted by Gasteiger charge is -2.09. The number of halogens is 1. The zero-order chi connectivity index (χ0) is 18.1. The van der Waals surface area contributed by atoms with Crippen LogP contribution >= 0.6 is 22.6 Å². The van der Waals surface area contributed by atoms with Gasteiger partial charge in [0.1, 0.15) is 0 Å². The lowest BCUT2D eigenvalue weighted by Crippen LogP contribution is -1.86. The van der Waals surface area contributed by atoms with Crippen LogP contribution < -0.4 is 0 Å². The lowest BCUT2D eigenvalue weighted by molar-refractivity contribution is 1.44. The Morgan fingerprint density at radius 3 is 2.27 bits per heavy atom. The van der Waals surface area contributed by atoms with Gasteiger partial charge in [0.2, 0.25) is 0 Å². The summed E-state index contributed by atoms with van der Waals surface area (Å²) >= 11 is 2.37. The van der Waals surface area contributed by atoms with E-state index in [9.17, 15) is 0 Å². The van der Waals surface area contributed by atoms with Crippen LogP contribution in [0.25, 0.3) is 33.2 Å². The number of rotatable bonds is 3. The third kappa shape index (κ3) is 3.19. The van der Waals surface area contributed by atoms with E-state index in [2.05, 4.69) is 115 Å². The number of benzene rings is 4. The second kappa shape index (κ2) is 7.08. The Labute approximate surface area is 168 Å². The molecule has 0 fully saturated rings. The third-order valence-corrected chi connectivity index (χ3v) is 5.52. The van der Waals surface area contributed by atoms with Crippen LogP contribution in [-0.2, 0) is 0 Å². The maximum Gasteiger partial charge on any atom is 0.0136 e. The summed E-state index contributed by atoms with van der Waals surface area (Å²) in [5.41, 5.74) is 4.84. The van der Waals surface area contributed by atoms with E-state index in [1.807, 2.05) is 6.08 Å². The van der Waals surface area contributed by atoms with E-state index in [1.54, 1.807) is 0 Å². The first-order valence-corrected chi connectivity index (χ1v) is 9.76. The van der Waals surface area contributed by atoms with E-state index < -0.39 is 0 Å². The largest absolute Gasteiger partial charge is 0.0984 e. The molecule has 1 heteroatoms. The highest BCUT2D eigenvalue weighted by Crippen LogP contribution is 2.30. The first-order chi connectivity index (χ1) is 12.7. The summed E-state index contributed by atoms with van der Waals surface area (Å²) in [6, 6.07) is 26.2. The van der Waals surface area contributed by atoms with Gasteiger partial charge in [0.15, 0.2) is 0 Å². The smallest absolute Gasteiger partial charge is 0.0136 e. The average Bonchev–Trinajstić information content (AvgIpc) is 2.66. The Balaban J connectivity index is 1.86. The van der Waals surface area contributed by atoms with Crippen LogP contribution in [0.3, 0.4) is 0 Å². The first-order valence-electron chi connectivity index (χ1n) is 8.68. The van der Waals surface area contributed by atoms with Crippen molar-refractivity contribution >= 4 is 55.8 Å². The second-order valence-corrected chi connectivity index (χ2v) is 7.77. The van der Waals surface area contributed by atoms with Gasteiger partial charge >= 0.3 is 0 Å². The minimum Gasteiger partial charge on any atom is -0.0984 e. The third-order valence-electron chi connectivity index (χ3n) is 4.85. The number of aryl methyl sites for hydroxylation is 1. The fourth-order valence-corrected chi connectivity index (χ4v) is 3.91. The average molecular weight is 446 g/mol. The minimum atomic E-state index is 1.14. The quantitative estimate of drug-likeness (QED) is 0.131. The monoisotopic (exact) mass is 446 g/mol. The van der Waals surface area contributed by atoms with Crippen LogP contribution in [0.4, 0.5) is 0 Å². The Kier molecular flexibility index (Phi) is 4.64. The maximum absolute atomic E-state index is 4.03. The summed E-state index contributed by atoms with van der Waals surface area (Å²) in [7, 11) is 0. The summed E-state index contributed by atoms with van der Waals surface area (Å²) in [5, 5.41) is 5.14. The second-order valence-electron chi connectivity index (χ2n) is 6.53. The molecule has 4 rings (SSSR count). The van der Waals surface area contributed by atoms with Crippen LogP contribution in [0.1, 0.15) is 16.7 Å². The highest BCUT2D eigenvalue weighted by Gasteiger charge is 2.05. The molecule has 4 aromatic rings. The molecule has 0 saturated heterocycles. The predicted molar refractivity (Wildman–Crippen MR) is 123 cm³/mol. The van der Waals surface area contributed by atoms with Crippen molar-refractivity contribution in [1.29, 1.82) is 0 Å². The number of fused-ring (bicyclic) bond motifs is 3. The van der Waals surface area contributed by atoms with Crippen molar-refractivity contribution in [2.75, 3.05) is 0 Å². The van der Waals surface area contributed by atoms with Gasteiger partial charge in [0, 0.05) is 3.57 Å². The van der Waals surface area contributed by atoms with Crippen molar-refractivity contribution in [3.8, 4) is 0 Å². The molecule has 0 heterocycles. The Hall–Kier alpha value is -2.39. The molecular formula is C25H19I. The van der Waals surface area contributed by atoms with Crippen LogP contribution in [0, 0.1) is 10.5 Å². The van der Waals surface area contributed by atoms with E-state index in [0.717, 1.165) is 5.57 Å². The molecule has 0 N–H and O–H groups in total. The van der Waals surface area contributed by atoms with Gasteiger partial charge in [0.25, 0.3) is 0 Å². The molecule has 26 heavy (non-hydrogen) atoms. The molecule has 0 nitrogen and oxygen atoms in total. The highest BCUT2D eigenvalue weighted by atomic mass is 127. The molecule has 0 aliphatic carbocycles. The topological polar surface area (TPSA) is 0 Å². The lowest BCUT2D eigenvalue weighted by atomic mass is 9.96. The number of hydrogen-bond acceptors (Lipinski definition) is 0. The minimum absolute atomic E-state index is 1.14. The molecular weight excluding hydrogens is 427 g/mol. The molecule has 0 spiro atoms. The molecule has 0 aromatic heterocycles. The number of allylic oxidation sites excluding steroid dienone is 2. The normalized spacial score (nSPS) is 11.8. The molecule has 126 valence electrons. The molecule has 4 aromatic carbocycles. The molecule has 0 amide bonds. The maximum atomic E-state index is 4.03. The van der Waals surface area contributed by atoms with Gasteiger partial charge < -0.3 is 0 Å². The Morgan fingerprint density at radius 2 is 1.54 bits per heavy atom. The van der Waals surface area contributed by atoms with E-state index in [4.69, 9.17) is 0 Å². The standard InChI is InChI=1S/C25H19I/c1-3-18(14-19-7-5-4-6-17(19)2)20-10-12-24-21(15-20)8-9-22-16-23(26)11-13-25(22)24/h3-16H,1H2,2H3/b18-14+. The van der Waals surface area contributed by atoms with Crippen LogP contribution in [0.5, 0.6) is 0 Å². The van der Waals surface area contributed by atoms with Crippen molar-refractivity contribution in [2.24, 2.45) is 0 Å². The van der Waals surface area contributed by atoms with Gasteiger partial charge in [-0.3, -0.25) is 0 Å². The van der Waals surface area contributed by atoms with Crippen molar-refractivity contribution in [2.45, 2.75) is 6.92 Å². The molecule has 0 saturated carbocycles. The van der Waals surface area contributed by atoms with Crippen LogP contribution in [-0.4, -0.2) is 0 Å². The van der Waals surface area contributed by atoms with Crippen molar-refractivity contribution in [3.05, 3.63) is 106 Å². The van der Waals surface area contributed by atoms with Crippen LogP contribution in [0.15, 0.2) is 85.5 Å². The Morgan fingerprint density at radius 1 is 0.846 bits per heavy atom. The van der Waals surface area contributed by atoms with E-state index in [1.165, 1.54) is 41.8 Å². The summed E-state index contributed by atoms with van der Waals surface area (Å²) in [6.07, 6.45) is 4.16. The van der Waals surface area contributed by atoms with E-state index >= 15 is 0 Å². The van der Waals surface area contributed by atoms with Gasteiger partial charge in [0.05, 0.1) is 0 Å². The van der Waals surface area contributed by atoms with Crippen molar-refractivity contribution in [1.82, 2.24) is 0 Å². The fourth-order valence-electron chi connectivity index (χ4n) is 3.40. The molecule has 0 radical (unpaired) electrons. The van der Waals surface area contributed by atoms with Gasteiger partial charge in [-0.1, -0.05) is 67.3 Å². The summed E-state index contributed by atoms with van der Waals surface area (Å²) < 4.78 is 1.26. The Bertz CT molecular complexity index is 1170. The first kappa shape index (κ1) is 17.0. The molecule has 0 bridgehead atoms. The molecule has 0 aliphatic rings. The van der Waals surface area contributed by atoms with E-state index in [-0.39, 0.29) is 0 Å². The highest BCUT2D eigenvalue weighted by molar-refractivity contribution is 14.1. The molecule has 0 aliphatic heterocycles. The van der Waals surface area contributed by atoms with Crippen molar-refractivity contribution < 1.29 is 0 Å². The number of hydrogen-bond donors (Lipinski definition) is 0. The molecule has 0 unspecified atom stereocenters. The van der Waals surface area contributed by atoms with E-state index in [0.29, 0.717) is 0 Å². The molecule has 0 atom stereocenters. The zero-order valence-electron chi connectivity index (χ0n) is 14.7. The summed E-state index contributed by atoms with van der Waals surface area (Å²) in [6.45, 7) is 6.17. The summed E-state index contributed by atoms with van der Waals surface area (Å²) in [5.74, 6) is 0. The van der Waals surface area contributed by atoms with Gasteiger partial charge in [-0.05, 0) is 97.6 Å². The summed E-state index contributed by atoms with van der Waals surface area (Å²) in [4.78, 5) is 0. The SMILES string of the molecule is C=C/C(=C\c1ccccc1C)c1ccc2c(ccc3cc(I)ccc32)c1. The van der Waals surface area contributed by atoms with Gasteiger partial charge in [-0.2, -0.15) is 0 Å².